The summed E-state index contributed by atoms with van der Waals surface area (Å²) >= 11 is 11.7. The van der Waals surface area contributed by atoms with E-state index in [4.69, 9.17) is 23.2 Å². The molecular formula is C10H8Cl2N4O. The largest absolute Gasteiger partial charge is 0.289 e. The van der Waals surface area contributed by atoms with Crippen molar-refractivity contribution < 1.29 is 4.79 Å². The number of aromatic nitrogens is 3. The summed E-state index contributed by atoms with van der Waals surface area (Å²) in [4.78, 5) is 15.8. The summed E-state index contributed by atoms with van der Waals surface area (Å²) in [6.07, 6.45) is 0. The molecule has 2 N–H and O–H groups in total. The number of aryl methyl sites for hydroxylation is 1. The van der Waals surface area contributed by atoms with E-state index in [0.717, 1.165) is 0 Å². The summed E-state index contributed by atoms with van der Waals surface area (Å²) in [6.45, 7) is 1.73. The molecule has 0 spiro atoms. The molecule has 0 fully saturated rings. The van der Waals surface area contributed by atoms with Crippen LogP contribution in [0.15, 0.2) is 18.2 Å². The van der Waals surface area contributed by atoms with E-state index < -0.39 is 5.91 Å². The zero-order valence-electron chi connectivity index (χ0n) is 8.79. The van der Waals surface area contributed by atoms with Crippen molar-refractivity contribution in [2.75, 3.05) is 5.32 Å². The molecule has 0 aliphatic carbocycles. The van der Waals surface area contributed by atoms with Gasteiger partial charge in [0.1, 0.15) is 5.82 Å². The Bertz CT molecular complexity index is 567. The number of hydrogen-bond acceptors (Lipinski definition) is 3. The first-order valence-electron chi connectivity index (χ1n) is 4.71. The number of carbonyl (C=O) groups excluding carboxylic acids is 1. The third-order valence-electron chi connectivity index (χ3n) is 2.00. The van der Waals surface area contributed by atoms with Crippen molar-refractivity contribution >= 4 is 35.1 Å². The lowest BCUT2D eigenvalue weighted by molar-refractivity contribution is 0.102. The van der Waals surface area contributed by atoms with Gasteiger partial charge in [-0.2, -0.15) is 4.98 Å². The highest BCUT2D eigenvalue weighted by Crippen LogP contribution is 2.21. The standard InChI is InChI=1S/C10H8Cl2N4O/c1-5-13-10(16-15-5)14-9(17)7-4-6(11)2-3-8(7)12/h2-4H,1H3,(H2,13,14,15,16,17). The number of hydrogen-bond donors (Lipinski definition) is 2. The minimum atomic E-state index is -0.406. The van der Waals surface area contributed by atoms with Crippen molar-refractivity contribution in [2.45, 2.75) is 6.92 Å². The van der Waals surface area contributed by atoms with E-state index in [1.807, 2.05) is 0 Å². The lowest BCUT2D eigenvalue weighted by atomic mass is 10.2. The third-order valence-corrected chi connectivity index (χ3v) is 2.56. The Labute approximate surface area is 107 Å². The van der Waals surface area contributed by atoms with Crippen molar-refractivity contribution in [1.29, 1.82) is 0 Å². The molecule has 17 heavy (non-hydrogen) atoms. The summed E-state index contributed by atoms with van der Waals surface area (Å²) in [6, 6.07) is 4.65. The van der Waals surface area contributed by atoms with Crippen LogP contribution in [0.25, 0.3) is 0 Å². The van der Waals surface area contributed by atoms with Gasteiger partial charge in [0.25, 0.3) is 5.91 Å². The van der Waals surface area contributed by atoms with E-state index in [1.54, 1.807) is 19.1 Å². The number of nitrogens with one attached hydrogen (secondary N) is 2. The fourth-order valence-corrected chi connectivity index (χ4v) is 1.61. The van der Waals surface area contributed by atoms with Crippen molar-refractivity contribution in [2.24, 2.45) is 0 Å². The van der Waals surface area contributed by atoms with Gasteiger partial charge < -0.3 is 0 Å². The fourth-order valence-electron chi connectivity index (χ4n) is 1.24. The van der Waals surface area contributed by atoms with Gasteiger partial charge >= 0.3 is 0 Å². The van der Waals surface area contributed by atoms with E-state index in [2.05, 4.69) is 20.5 Å². The van der Waals surface area contributed by atoms with Crippen LogP contribution in [0, 0.1) is 6.92 Å². The Hall–Kier alpha value is -1.59. The summed E-state index contributed by atoms with van der Waals surface area (Å²) in [5.41, 5.74) is 0.279. The maximum absolute atomic E-state index is 11.8. The second-order valence-corrected chi connectivity index (χ2v) is 4.17. The molecule has 2 aromatic rings. The molecule has 1 heterocycles. The molecule has 2 rings (SSSR count). The zero-order chi connectivity index (χ0) is 12.4. The molecule has 1 aromatic carbocycles. The molecule has 0 atom stereocenters. The van der Waals surface area contributed by atoms with Crippen LogP contribution >= 0.6 is 23.2 Å². The maximum Gasteiger partial charge on any atom is 0.259 e. The number of rotatable bonds is 2. The van der Waals surface area contributed by atoms with Gasteiger partial charge in [0.2, 0.25) is 5.95 Å². The topological polar surface area (TPSA) is 70.7 Å². The maximum atomic E-state index is 11.8. The van der Waals surface area contributed by atoms with Crippen LogP contribution in [0.2, 0.25) is 10.0 Å². The number of H-pyrrole nitrogens is 1. The molecule has 0 radical (unpaired) electrons. The summed E-state index contributed by atoms with van der Waals surface area (Å²) in [5, 5.41) is 9.67. The quantitative estimate of drug-likeness (QED) is 0.882. The predicted molar refractivity (Wildman–Crippen MR) is 65.5 cm³/mol. The van der Waals surface area contributed by atoms with E-state index in [9.17, 15) is 4.79 Å². The number of aromatic amines is 1. The number of anilines is 1. The SMILES string of the molecule is Cc1nc(NC(=O)c2cc(Cl)ccc2Cl)n[nH]1. The van der Waals surface area contributed by atoms with Crippen molar-refractivity contribution in [1.82, 2.24) is 15.2 Å². The molecule has 1 aromatic heterocycles. The molecule has 7 heteroatoms. The zero-order valence-corrected chi connectivity index (χ0v) is 10.3. The molecule has 0 saturated carbocycles. The smallest absolute Gasteiger partial charge is 0.259 e. The van der Waals surface area contributed by atoms with Gasteiger partial charge in [-0.25, -0.2) is 0 Å². The van der Waals surface area contributed by atoms with Crippen LogP contribution in [-0.4, -0.2) is 21.1 Å². The van der Waals surface area contributed by atoms with E-state index in [-0.39, 0.29) is 11.5 Å². The number of carbonyl (C=O) groups is 1. The fraction of sp³-hybridized carbons (Fsp3) is 0.100. The minimum Gasteiger partial charge on any atom is -0.289 e. The van der Waals surface area contributed by atoms with Gasteiger partial charge in [-0.3, -0.25) is 15.2 Å². The predicted octanol–water partition coefficient (Wildman–Crippen LogP) is 2.67. The number of halogens is 2. The first-order valence-corrected chi connectivity index (χ1v) is 5.47. The van der Waals surface area contributed by atoms with E-state index in [1.165, 1.54) is 6.07 Å². The van der Waals surface area contributed by atoms with Crippen LogP contribution in [0.5, 0.6) is 0 Å². The van der Waals surface area contributed by atoms with Gasteiger partial charge in [0, 0.05) is 5.02 Å². The lowest BCUT2D eigenvalue weighted by Crippen LogP contribution is -2.13. The molecule has 0 unspecified atom stereocenters. The molecule has 88 valence electrons. The Balaban J connectivity index is 2.22. The Morgan fingerprint density at radius 1 is 1.41 bits per heavy atom. The average molecular weight is 271 g/mol. The van der Waals surface area contributed by atoms with E-state index >= 15 is 0 Å². The molecule has 0 bridgehead atoms. The second kappa shape index (κ2) is 4.73. The highest BCUT2D eigenvalue weighted by Gasteiger charge is 2.13. The molecule has 0 saturated heterocycles. The van der Waals surface area contributed by atoms with Gasteiger partial charge in [-0.1, -0.05) is 23.2 Å². The van der Waals surface area contributed by atoms with Crippen molar-refractivity contribution in [3.63, 3.8) is 0 Å². The van der Waals surface area contributed by atoms with Gasteiger partial charge in [0.15, 0.2) is 0 Å². The van der Waals surface area contributed by atoms with Crippen LogP contribution in [0.3, 0.4) is 0 Å². The van der Waals surface area contributed by atoms with E-state index in [0.29, 0.717) is 15.9 Å². The minimum absolute atomic E-state index is 0.198. The number of amides is 1. The Kier molecular flexibility index (Phi) is 3.31. The van der Waals surface area contributed by atoms with Crippen LogP contribution < -0.4 is 5.32 Å². The number of nitrogens with zero attached hydrogens (tertiary/aromatic N) is 2. The molecule has 1 amide bonds. The second-order valence-electron chi connectivity index (χ2n) is 3.32. The first-order chi connectivity index (χ1) is 8.06. The third kappa shape index (κ3) is 2.75. The average Bonchev–Trinajstić information content (AvgIpc) is 2.67. The molecule has 5 nitrogen and oxygen atoms in total. The number of benzene rings is 1. The van der Waals surface area contributed by atoms with Crippen molar-refractivity contribution in [3.8, 4) is 0 Å². The highest BCUT2D eigenvalue weighted by molar-refractivity contribution is 6.36. The first kappa shape index (κ1) is 11.9. The summed E-state index contributed by atoms with van der Waals surface area (Å²) in [7, 11) is 0. The van der Waals surface area contributed by atoms with Gasteiger partial charge in [-0.05, 0) is 25.1 Å². The lowest BCUT2D eigenvalue weighted by Gasteiger charge is -2.03. The monoisotopic (exact) mass is 270 g/mol. The summed E-state index contributed by atoms with van der Waals surface area (Å²) in [5.74, 6) is 0.400. The molecule has 0 aliphatic rings. The van der Waals surface area contributed by atoms with Gasteiger partial charge in [-0.15, -0.1) is 5.10 Å². The Morgan fingerprint density at radius 2 is 2.18 bits per heavy atom. The van der Waals surface area contributed by atoms with Crippen LogP contribution in [-0.2, 0) is 0 Å². The highest BCUT2D eigenvalue weighted by atomic mass is 35.5. The van der Waals surface area contributed by atoms with Crippen LogP contribution in [0.1, 0.15) is 16.2 Å². The Morgan fingerprint density at radius 3 is 2.82 bits per heavy atom. The molecular weight excluding hydrogens is 263 g/mol. The van der Waals surface area contributed by atoms with Crippen molar-refractivity contribution in [3.05, 3.63) is 39.6 Å². The molecule has 0 aliphatic heterocycles. The summed E-state index contributed by atoms with van der Waals surface area (Å²) < 4.78 is 0. The normalized spacial score (nSPS) is 10.3. The van der Waals surface area contributed by atoms with Crippen LogP contribution in [0.4, 0.5) is 5.95 Å². The van der Waals surface area contributed by atoms with Gasteiger partial charge in [0.05, 0.1) is 10.6 Å².